The zero-order chi connectivity index (χ0) is 18.0. The molecule has 1 aliphatic rings. The fourth-order valence-electron chi connectivity index (χ4n) is 2.82. The molecule has 0 bridgehead atoms. The number of ether oxygens (including phenoxy) is 1. The first-order valence-corrected chi connectivity index (χ1v) is 7.80. The quantitative estimate of drug-likeness (QED) is 0.913. The Labute approximate surface area is 138 Å². The van der Waals surface area contributed by atoms with E-state index < -0.39 is 18.2 Å². The van der Waals surface area contributed by atoms with E-state index in [9.17, 15) is 18.0 Å². The summed E-state index contributed by atoms with van der Waals surface area (Å²) in [5.74, 6) is 0. The third-order valence-corrected chi connectivity index (χ3v) is 4.48. The highest BCUT2D eigenvalue weighted by atomic mass is 19.4. The average Bonchev–Trinajstić information content (AvgIpc) is 2.82. The average molecular weight is 348 g/mol. The van der Waals surface area contributed by atoms with Gasteiger partial charge in [0.2, 0.25) is 0 Å². The molecule has 0 aliphatic carbocycles. The normalized spacial score (nSPS) is 23.7. The molecule has 0 spiro atoms. The van der Waals surface area contributed by atoms with E-state index in [-0.39, 0.29) is 11.2 Å². The van der Waals surface area contributed by atoms with Crippen LogP contribution >= 0.6 is 0 Å². The molecule has 1 fully saturated rings. The lowest BCUT2D eigenvalue weighted by Gasteiger charge is -2.28. The van der Waals surface area contributed by atoms with Gasteiger partial charge in [0.25, 0.3) is 0 Å². The molecule has 1 aromatic heterocycles. The number of hydrogen-bond acceptors (Lipinski definition) is 3. The summed E-state index contributed by atoms with van der Waals surface area (Å²) in [6, 6.07) is -2.79. The molecule has 9 heteroatoms. The molecule has 2 unspecified atom stereocenters. The fourth-order valence-corrected chi connectivity index (χ4v) is 2.82. The molecule has 2 rings (SSSR count). The first kappa shape index (κ1) is 18.6. The topological polar surface area (TPSA) is 59.4 Å². The lowest BCUT2D eigenvalue weighted by atomic mass is 9.97. The minimum Gasteiger partial charge on any atom is -0.378 e. The third-order valence-electron chi connectivity index (χ3n) is 4.48. The van der Waals surface area contributed by atoms with E-state index in [4.69, 9.17) is 4.74 Å². The van der Waals surface area contributed by atoms with Crippen LogP contribution in [-0.4, -0.2) is 52.7 Å². The summed E-state index contributed by atoms with van der Waals surface area (Å²) < 4.78 is 46.6. The second-order valence-corrected chi connectivity index (χ2v) is 6.37. The predicted octanol–water partition coefficient (Wildman–Crippen LogP) is 2.62. The van der Waals surface area contributed by atoms with Crippen molar-refractivity contribution < 1.29 is 22.7 Å². The lowest BCUT2D eigenvalue weighted by molar-refractivity contribution is -0.155. The minimum absolute atomic E-state index is 0.0881. The Balaban J connectivity index is 2.08. The number of alkyl halides is 3. The number of aryl methyl sites for hydroxylation is 1. The number of likely N-dealkylation sites (tertiary alicyclic amines) is 1. The zero-order valence-electron chi connectivity index (χ0n) is 14.1. The fraction of sp³-hybridized carbons (Fsp3) is 0.733. The summed E-state index contributed by atoms with van der Waals surface area (Å²) in [7, 11) is 3.14. The number of nitrogens with one attached hydrogen (secondary N) is 1. The van der Waals surface area contributed by atoms with E-state index in [1.807, 2.05) is 6.92 Å². The highest BCUT2D eigenvalue weighted by molar-refractivity contribution is 5.74. The van der Waals surface area contributed by atoms with Crippen LogP contribution in [0.2, 0.25) is 0 Å². The summed E-state index contributed by atoms with van der Waals surface area (Å²) in [5, 5.41) is 5.85. The van der Waals surface area contributed by atoms with E-state index in [0.29, 0.717) is 25.9 Å². The highest BCUT2D eigenvalue weighted by Gasteiger charge is 2.43. The number of carbonyl (C=O) groups excluding carboxylic acids is 1. The molecule has 0 radical (unpaired) electrons. The Morgan fingerprint density at radius 2 is 2.12 bits per heavy atom. The molecular formula is C15H23F3N4O2. The smallest absolute Gasteiger partial charge is 0.378 e. The number of methoxy groups -OCH3 is 1. The van der Waals surface area contributed by atoms with E-state index >= 15 is 0 Å². The summed E-state index contributed by atoms with van der Waals surface area (Å²) in [6.07, 6.45) is -0.197. The van der Waals surface area contributed by atoms with Crippen LogP contribution in [0.5, 0.6) is 0 Å². The van der Waals surface area contributed by atoms with Crippen LogP contribution in [0.25, 0.3) is 0 Å². The lowest BCUT2D eigenvalue weighted by Crippen LogP contribution is -2.46. The third kappa shape index (κ3) is 4.40. The second-order valence-electron chi connectivity index (χ2n) is 6.37. The van der Waals surface area contributed by atoms with Crippen molar-refractivity contribution in [1.29, 1.82) is 0 Å². The number of carbonyl (C=O) groups is 1. The largest absolute Gasteiger partial charge is 0.413 e. The number of halogens is 3. The number of urea groups is 1. The number of nitrogens with zero attached hydrogens (tertiary/aromatic N) is 3. The van der Waals surface area contributed by atoms with Crippen LogP contribution in [0.4, 0.5) is 18.0 Å². The zero-order valence-corrected chi connectivity index (χ0v) is 14.1. The Kier molecular flexibility index (Phi) is 5.42. The first-order chi connectivity index (χ1) is 11.1. The molecule has 0 aromatic carbocycles. The Hall–Kier alpha value is -1.77. The molecule has 2 atom stereocenters. The van der Waals surface area contributed by atoms with Crippen molar-refractivity contribution in [3.8, 4) is 0 Å². The van der Waals surface area contributed by atoms with Crippen LogP contribution < -0.4 is 5.32 Å². The van der Waals surface area contributed by atoms with Gasteiger partial charge >= 0.3 is 12.2 Å². The van der Waals surface area contributed by atoms with Gasteiger partial charge in [-0.25, -0.2) is 4.79 Å². The van der Waals surface area contributed by atoms with Gasteiger partial charge in [-0.3, -0.25) is 4.68 Å². The maximum Gasteiger partial charge on any atom is 0.413 e. The van der Waals surface area contributed by atoms with Crippen molar-refractivity contribution >= 4 is 6.03 Å². The van der Waals surface area contributed by atoms with Gasteiger partial charge in [0.15, 0.2) is 6.04 Å². The molecule has 24 heavy (non-hydrogen) atoms. The minimum atomic E-state index is -4.59. The molecule has 0 saturated carbocycles. The summed E-state index contributed by atoms with van der Waals surface area (Å²) in [4.78, 5) is 13.8. The van der Waals surface area contributed by atoms with Gasteiger partial charge in [-0.15, -0.1) is 0 Å². The maximum atomic E-state index is 13.3. The highest BCUT2D eigenvalue weighted by Crippen LogP contribution is 2.33. The van der Waals surface area contributed by atoms with E-state index in [2.05, 4.69) is 10.4 Å². The number of rotatable bonds is 3. The van der Waals surface area contributed by atoms with Crippen LogP contribution in [-0.2, 0) is 11.8 Å². The molecule has 136 valence electrons. The van der Waals surface area contributed by atoms with E-state index in [1.165, 1.54) is 22.8 Å². The van der Waals surface area contributed by atoms with E-state index in [0.717, 1.165) is 12.6 Å². The van der Waals surface area contributed by atoms with Gasteiger partial charge in [-0.1, -0.05) is 0 Å². The molecule has 1 saturated heterocycles. The molecule has 2 heterocycles. The molecule has 1 N–H and O–H groups in total. The molecular weight excluding hydrogens is 325 g/mol. The first-order valence-electron chi connectivity index (χ1n) is 7.80. The van der Waals surface area contributed by atoms with Crippen molar-refractivity contribution in [2.75, 3.05) is 20.2 Å². The van der Waals surface area contributed by atoms with Crippen molar-refractivity contribution in [1.82, 2.24) is 20.0 Å². The molecule has 2 amide bonds. The molecule has 1 aromatic rings. The van der Waals surface area contributed by atoms with Crippen LogP contribution in [0.15, 0.2) is 12.4 Å². The SMILES string of the molecule is COC1(C)CCCN(C(=O)NC(c2cnn(C)c2)C(F)(F)F)CC1. The number of amides is 2. The Morgan fingerprint density at radius 3 is 2.67 bits per heavy atom. The number of aromatic nitrogens is 2. The van der Waals surface area contributed by atoms with Crippen molar-refractivity contribution in [2.24, 2.45) is 7.05 Å². The van der Waals surface area contributed by atoms with E-state index in [1.54, 1.807) is 7.11 Å². The monoisotopic (exact) mass is 348 g/mol. The van der Waals surface area contributed by atoms with Crippen LogP contribution in [0.1, 0.15) is 37.8 Å². The molecule has 1 aliphatic heterocycles. The van der Waals surface area contributed by atoms with Gasteiger partial charge < -0.3 is 15.0 Å². The predicted molar refractivity (Wildman–Crippen MR) is 81.4 cm³/mol. The van der Waals surface area contributed by atoms with Crippen LogP contribution in [0.3, 0.4) is 0 Å². The summed E-state index contributed by atoms with van der Waals surface area (Å²) in [6.45, 7) is 2.71. The summed E-state index contributed by atoms with van der Waals surface area (Å²) >= 11 is 0. The Bertz CT molecular complexity index is 575. The van der Waals surface area contributed by atoms with Crippen LogP contribution in [0, 0.1) is 0 Å². The van der Waals surface area contributed by atoms with Crippen molar-refractivity contribution in [3.05, 3.63) is 18.0 Å². The van der Waals surface area contributed by atoms with Gasteiger partial charge in [0.05, 0.1) is 11.8 Å². The van der Waals surface area contributed by atoms with Gasteiger partial charge in [-0.2, -0.15) is 18.3 Å². The Morgan fingerprint density at radius 1 is 1.42 bits per heavy atom. The number of hydrogen-bond donors (Lipinski definition) is 1. The van der Waals surface area contributed by atoms with Crippen molar-refractivity contribution in [2.45, 2.75) is 44.0 Å². The summed E-state index contributed by atoms with van der Waals surface area (Å²) in [5.41, 5.74) is -0.433. The second kappa shape index (κ2) is 7.00. The van der Waals surface area contributed by atoms with Crippen molar-refractivity contribution in [3.63, 3.8) is 0 Å². The van der Waals surface area contributed by atoms with Gasteiger partial charge in [0.1, 0.15) is 0 Å². The molecule has 6 nitrogen and oxygen atoms in total. The maximum absolute atomic E-state index is 13.3. The standard InChI is InChI=1S/C15H23F3N4O2/c1-14(24-3)5-4-7-22(8-6-14)13(23)20-12(15(16,17)18)11-9-19-21(2)10-11/h9-10,12H,4-8H2,1-3H3,(H,20,23). The van der Waals surface area contributed by atoms with Gasteiger partial charge in [0, 0.05) is 39.0 Å². The van der Waals surface area contributed by atoms with Gasteiger partial charge in [-0.05, 0) is 26.2 Å².